The maximum Gasteiger partial charge on any atom is 0.411 e. The number of aromatic nitrogens is 4. The lowest BCUT2D eigenvalue weighted by Gasteiger charge is -2.01. The number of aryl methyl sites for hydroxylation is 3. The minimum atomic E-state index is -0.839. The Labute approximate surface area is 108 Å². The van der Waals surface area contributed by atoms with Crippen LogP contribution in [0.1, 0.15) is 17.9 Å². The van der Waals surface area contributed by atoms with E-state index in [1.807, 2.05) is 17.0 Å². The molecule has 8 heteroatoms. The molecule has 0 aromatic carbocycles. The van der Waals surface area contributed by atoms with E-state index in [1.54, 1.807) is 0 Å². The SMILES string of the molecule is Cc1ncnn1CCCc1csc(OC(N)=O)n1. The summed E-state index contributed by atoms with van der Waals surface area (Å²) in [5.74, 6) is 0.894. The normalized spacial score (nSPS) is 10.5. The number of amides is 1. The number of primary amides is 1. The quantitative estimate of drug-likeness (QED) is 0.876. The Morgan fingerprint density at radius 1 is 1.61 bits per heavy atom. The molecule has 0 aliphatic carbocycles. The standard InChI is InChI=1S/C10H13N5O2S/c1-7-12-6-13-15(7)4-2-3-8-5-18-10(14-8)17-9(11)16/h5-6H,2-4H2,1H3,(H2,11,16). The number of nitrogens with two attached hydrogens (primary N) is 1. The highest BCUT2D eigenvalue weighted by molar-refractivity contribution is 7.11. The van der Waals surface area contributed by atoms with Crippen LogP contribution >= 0.6 is 11.3 Å². The van der Waals surface area contributed by atoms with Gasteiger partial charge in [-0.3, -0.25) is 4.68 Å². The van der Waals surface area contributed by atoms with Gasteiger partial charge in [-0.15, -0.1) is 0 Å². The molecular weight excluding hydrogens is 254 g/mol. The van der Waals surface area contributed by atoms with Gasteiger partial charge in [0.25, 0.3) is 5.19 Å². The molecule has 2 aromatic rings. The highest BCUT2D eigenvalue weighted by Gasteiger charge is 2.06. The van der Waals surface area contributed by atoms with Crippen LogP contribution in [0.15, 0.2) is 11.7 Å². The molecule has 0 fully saturated rings. The van der Waals surface area contributed by atoms with Crippen LogP contribution in [0.2, 0.25) is 0 Å². The molecule has 96 valence electrons. The van der Waals surface area contributed by atoms with Gasteiger partial charge in [0.1, 0.15) is 12.2 Å². The molecule has 2 rings (SSSR count). The number of ether oxygens (including phenoxy) is 1. The third-order valence-corrected chi connectivity index (χ3v) is 3.10. The zero-order valence-corrected chi connectivity index (χ0v) is 10.7. The van der Waals surface area contributed by atoms with E-state index in [1.165, 1.54) is 17.7 Å². The molecule has 0 saturated heterocycles. The third-order valence-electron chi connectivity index (χ3n) is 2.33. The fraction of sp³-hybridized carbons (Fsp3) is 0.400. The summed E-state index contributed by atoms with van der Waals surface area (Å²) in [5, 5.41) is 6.23. The molecule has 2 heterocycles. The van der Waals surface area contributed by atoms with E-state index >= 15 is 0 Å². The molecule has 1 amide bonds. The third kappa shape index (κ3) is 3.27. The van der Waals surface area contributed by atoms with Crippen molar-refractivity contribution in [1.29, 1.82) is 0 Å². The second-order valence-corrected chi connectivity index (χ2v) is 4.48. The van der Waals surface area contributed by atoms with Crippen LogP contribution in [0.3, 0.4) is 0 Å². The van der Waals surface area contributed by atoms with Gasteiger partial charge in [-0.25, -0.2) is 14.8 Å². The van der Waals surface area contributed by atoms with Gasteiger partial charge in [0, 0.05) is 11.9 Å². The summed E-state index contributed by atoms with van der Waals surface area (Å²) in [5.41, 5.74) is 5.78. The zero-order valence-electron chi connectivity index (χ0n) is 9.87. The maximum absolute atomic E-state index is 10.5. The fourth-order valence-corrected chi connectivity index (χ4v) is 2.20. The molecule has 0 bridgehead atoms. The Morgan fingerprint density at radius 3 is 3.11 bits per heavy atom. The molecule has 0 atom stereocenters. The molecule has 18 heavy (non-hydrogen) atoms. The van der Waals surface area contributed by atoms with E-state index in [9.17, 15) is 4.79 Å². The number of nitrogens with zero attached hydrogens (tertiary/aromatic N) is 4. The maximum atomic E-state index is 10.5. The molecule has 2 aromatic heterocycles. The summed E-state index contributed by atoms with van der Waals surface area (Å²) in [4.78, 5) is 18.7. The lowest BCUT2D eigenvalue weighted by atomic mass is 10.2. The molecule has 2 N–H and O–H groups in total. The number of carbonyl (C=O) groups excluding carboxylic acids is 1. The van der Waals surface area contributed by atoms with E-state index in [4.69, 9.17) is 5.73 Å². The van der Waals surface area contributed by atoms with Crippen LogP contribution in [0.4, 0.5) is 4.79 Å². The van der Waals surface area contributed by atoms with E-state index in [2.05, 4.69) is 19.8 Å². The Morgan fingerprint density at radius 2 is 2.44 bits per heavy atom. The average molecular weight is 267 g/mol. The number of hydrogen-bond donors (Lipinski definition) is 1. The number of carbonyl (C=O) groups is 1. The van der Waals surface area contributed by atoms with Crippen molar-refractivity contribution in [2.45, 2.75) is 26.3 Å². The Balaban J connectivity index is 1.82. The van der Waals surface area contributed by atoms with Crippen molar-refractivity contribution >= 4 is 17.4 Å². The van der Waals surface area contributed by atoms with E-state index < -0.39 is 6.09 Å². The minimum Gasteiger partial charge on any atom is -0.381 e. The highest BCUT2D eigenvalue weighted by atomic mass is 32.1. The second-order valence-electron chi connectivity index (χ2n) is 3.66. The second kappa shape index (κ2) is 5.58. The first-order valence-corrected chi connectivity index (χ1v) is 6.29. The van der Waals surface area contributed by atoms with Gasteiger partial charge in [-0.2, -0.15) is 5.10 Å². The van der Waals surface area contributed by atoms with Gasteiger partial charge >= 0.3 is 6.09 Å². The minimum absolute atomic E-state index is 0.287. The highest BCUT2D eigenvalue weighted by Crippen LogP contribution is 2.19. The molecular formula is C10H13N5O2S. The van der Waals surface area contributed by atoms with Crippen molar-refractivity contribution < 1.29 is 9.53 Å². The Kier molecular flexibility index (Phi) is 3.88. The summed E-state index contributed by atoms with van der Waals surface area (Å²) in [6, 6.07) is 0. The van der Waals surface area contributed by atoms with Crippen LogP contribution in [0.5, 0.6) is 5.19 Å². The van der Waals surface area contributed by atoms with Crippen LogP contribution in [0, 0.1) is 6.92 Å². The van der Waals surface area contributed by atoms with Crippen molar-refractivity contribution in [3.63, 3.8) is 0 Å². The molecule has 0 spiro atoms. The fourth-order valence-electron chi connectivity index (χ4n) is 1.49. The lowest BCUT2D eigenvalue weighted by Crippen LogP contribution is -2.16. The molecule has 0 unspecified atom stereocenters. The predicted octanol–water partition coefficient (Wildman–Crippen LogP) is 1.13. The molecule has 0 radical (unpaired) electrons. The Hall–Kier alpha value is -1.96. The topological polar surface area (TPSA) is 95.9 Å². The summed E-state index contributed by atoms with van der Waals surface area (Å²) < 4.78 is 6.53. The molecule has 0 saturated carbocycles. The monoisotopic (exact) mass is 267 g/mol. The largest absolute Gasteiger partial charge is 0.411 e. The van der Waals surface area contributed by atoms with Gasteiger partial charge in [0.15, 0.2) is 0 Å². The zero-order chi connectivity index (χ0) is 13.0. The smallest absolute Gasteiger partial charge is 0.381 e. The molecule has 0 aliphatic heterocycles. The van der Waals surface area contributed by atoms with Gasteiger partial charge < -0.3 is 10.5 Å². The number of rotatable bonds is 5. The van der Waals surface area contributed by atoms with E-state index in [0.717, 1.165) is 30.9 Å². The van der Waals surface area contributed by atoms with Crippen LogP contribution in [-0.2, 0) is 13.0 Å². The van der Waals surface area contributed by atoms with Gasteiger partial charge in [0.05, 0.1) is 5.69 Å². The van der Waals surface area contributed by atoms with Crippen molar-refractivity contribution in [3.05, 3.63) is 23.2 Å². The number of hydrogen-bond acceptors (Lipinski definition) is 6. The van der Waals surface area contributed by atoms with E-state index in [-0.39, 0.29) is 5.19 Å². The summed E-state index contributed by atoms with van der Waals surface area (Å²) >= 11 is 1.26. The van der Waals surface area contributed by atoms with Crippen LogP contribution in [0.25, 0.3) is 0 Å². The van der Waals surface area contributed by atoms with E-state index in [0.29, 0.717) is 0 Å². The van der Waals surface area contributed by atoms with Gasteiger partial charge in [-0.1, -0.05) is 11.3 Å². The first-order valence-electron chi connectivity index (χ1n) is 5.41. The lowest BCUT2D eigenvalue weighted by molar-refractivity contribution is 0.210. The van der Waals surface area contributed by atoms with Crippen molar-refractivity contribution in [1.82, 2.24) is 19.7 Å². The Bertz CT molecular complexity index is 536. The van der Waals surface area contributed by atoms with Gasteiger partial charge in [0.2, 0.25) is 0 Å². The predicted molar refractivity (Wildman–Crippen MR) is 65.4 cm³/mol. The first kappa shape index (κ1) is 12.5. The average Bonchev–Trinajstić information content (AvgIpc) is 2.89. The van der Waals surface area contributed by atoms with Crippen molar-refractivity contribution in [2.24, 2.45) is 5.73 Å². The van der Waals surface area contributed by atoms with Crippen molar-refractivity contribution in [3.8, 4) is 5.19 Å². The first-order chi connectivity index (χ1) is 8.65. The summed E-state index contributed by atoms with van der Waals surface area (Å²) in [6.07, 6.45) is 2.38. The molecule has 0 aliphatic rings. The van der Waals surface area contributed by atoms with Crippen LogP contribution < -0.4 is 10.5 Å². The number of thiazole rings is 1. The van der Waals surface area contributed by atoms with Crippen molar-refractivity contribution in [2.75, 3.05) is 0 Å². The summed E-state index contributed by atoms with van der Waals surface area (Å²) in [7, 11) is 0. The molecule has 7 nitrogen and oxygen atoms in total. The van der Waals surface area contributed by atoms with Crippen LogP contribution in [-0.4, -0.2) is 25.8 Å². The van der Waals surface area contributed by atoms with Gasteiger partial charge in [-0.05, 0) is 19.8 Å². The summed E-state index contributed by atoms with van der Waals surface area (Å²) in [6.45, 7) is 2.70.